The van der Waals surface area contributed by atoms with Gasteiger partial charge in [0, 0.05) is 5.69 Å². The normalized spacial score (nSPS) is 10.8. The van der Waals surface area contributed by atoms with Crippen LogP contribution in [-0.2, 0) is 14.3 Å². The number of anilines is 1. The van der Waals surface area contributed by atoms with Gasteiger partial charge in [0.2, 0.25) is 0 Å². The maximum atomic E-state index is 12.5. The Bertz CT molecular complexity index is 1060. The van der Waals surface area contributed by atoms with Crippen molar-refractivity contribution in [3.8, 4) is 17.6 Å². The molecule has 0 atom stereocenters. The number of hydrogen-bond donors (Lipinski definition) is 1. The Morgan fingerprint density at radius 2 is 1.84 bits per heavy atom. The van der Waals surface area contributed by atoms with Crippen molar-refractivity contribution in [2.75, 3.05) is 25.6 Å². The van der Waals surface area contributed by atoms with Gasteiger partial charge in [0.25, 0.3) is 5.91 Å². The quantitative estimate of drug-likeness (QED) is 0.317. The van der Waals surface area contributed by atoms with Gasteiger partial charge in [-0.3, -0.25) is 4.79 Å². The average Bonchev–Trinajstić information content (AvgIpc) is 2.73. The maximum Gasteiger partial charge on any atom is 0.343 e. The summed E-state index contributed by atoms with van der Waals surface area (Å²) in [5, 5.41) is 12.7. The molecule has 0 aliphatic carbocycles. The van der Waals surface area contributed by atoms with E-state index >= 15 is 0 Å². The van der Waals surface area contributed by atoms with Gasteiger partial charge in [0.05, 0.1) is 28.8 Å². The van der Waals surface area contributed by atoms with Crippen LogP contribution in [-0.4, -0.2) is 32.2 Å². The van der Waals surface area contributed by atoms with E-state index in [2.05, 4.69) is 10.1 Å². The van der Waals surface area contributed by atoms with Gasteiger partial charge in [-0.15, -0.1) is 0 Å². The number of halogens is 3. The molecule has 0 aliphatic rings. The minimum atomic E-state index is -0.652. The van der Waals surface area contributed by atoms with Gasteiger partial charge in [-0.2, -0.15) is 5.26 Å². The fraction of sp³-hybridized carbons (Fsp3) is 0.190. The molecular weight excluding hydrogens is 467 g/mol. The second-order valence-electron chi connectivity index (χ2n) is 5.88. The van der Waals surface area contributed by atoms with Crippen molar-refractivity contribution in [3.63, 3.8) is 0 Å². The number of nitrogens with one attached hydrogen (secondary N) is 1. The third kappa shape index (κ3) is 6.79. The Kier molecular flexibility index (Phi) is 9.01. The highest BCUT2D eigenvalue weighted by Gasteiger charge is 2.16. The lowest BCUT2D eigenvalue weighted by Gasteiger charge is -2.14. The third-order valence-electron chi connectivity index (χ3n) is 3.75. The standard InChI is InChI=1S/C21H17Cl3N2O5/c1-3-30-18-8-12(7-17(24)20(18)31-11-19(27)29-2)6-13(10-25)21(28)26-14-4-5-15(22)16(23)9-14/h4-9H,3,11H2,1-2H3,(H,26,28)/b13-6+. The summed E-state index contributed by atoms with van der Waals surface area (Å²) in [5.74, 6) is -0.855. The highest BCUT2D eigenvalue weighted by Crippen LogP contribution is 2.37. The fourth-order valence-corrected chi connectivity index (χ4v) is 2.92. The van der Waals surface area contributed by atoms with Crippen molar-refractivity contribution in [1.29, 1.82) is 5.26 Å². The van der Waals surface area contributed by atoms with Crippen molar-refractivity contribution >= 4 is 58.4 Å². The summed E-state index contributed by atoms with van der Waals surface area (Å²) in [6.45, 7) is 1.69. The lowest BCUT2D eigenvalue weighted by atomic mass is 10.1. The van der Waals surface area contributed by atoms with E-state index in [0.717, 1.165) is 0 Å². The van der Waals surface area contributed by atoms with Crippen LogP contribution in [0.15, 0.2) is 35.9 Å². The molecule has 162 valence electrons. The van der Waals surface area contributed by atoms with Gasteiger partial charge in [0.1, 0.15) is 11.6 Å². The van der Waals surface area contributed by atoms with Crippen LogP contribution in [0.1, 0.15) is 12.5 Å². The fourth-order valence-electron chi connectivity index (χ4n) is 2.35. The summed E-state index contributed by atoms with van der Waals surface area (Å²) in [5.41, 5.74) is 0.604. The van der Waals surface area contributed by atoms with Crippen molar-refractivity contribution in [2.45, 2.75) is 6.92 Å². The Morgan fingerprint density at radius 1 is 1.10 bits per heavy atom. The van der Waals surface area contributed by atoms with E-state index in [0.29, 0.717) is 22.9 Å². The molecule has 0 radical (unpaired) electrons. The van der Waals surface area contributed by atoms with Gasteiger partial charge in [-0.1, -0.05) is 34.8 Å². The first kappa shape index (κ1) is 24.4. The van der Waals surface area contributed by atoms with Crippen LogP contribution < -0.4 is 14.8 Å². The second-order valence-corrected chi connectivity index (χ2v) is 7.10. The van der Waals surface area contributed by atoms with E-state index in [1.165, 1.54) is 37.5 Å². The molecule has 0 saturated heterocycles. The molecule has 0 saturated carbocycles. The number of rotatable bonds is 8. The second kappa shape index (κ2) is 11.5. The van der Waals surface area contributed by atoms with Crippen LogP contribution in [0.2, 0.25) is 15.1 Å². The van der Waals surface area contributed by atoms with Crippen molar-refractivity contribution in [1.82, 2.24) is 0 Å². The highest BCUT2D eigenvalue weighted by atomic mass is 35.5. The van der Waals surface area contributed by atoms with Gasteiger partial charge in [-0.25, -0.2) is 4.79 Å². The largest absolute Gasteiger partial charge is 0.490 e. The summed E-state index contributed by atoms with van der Waals surface area (Å²) >= 11 is 18.1. The van der Waals surface area contributed by atoms with Gasteiger partial charge in [0.15, 0.2) is 18.1 Å². The van der Waals surface area contributed by atoms with Crippen LogP contribution in [0.5, 0.6) is 11.5 Å². The Morgan fingerprint density at radius 3 is 2.45 bits per heavy atom. The lowest BCUT2D eigenvalue weighted by Crippen LogP contribution is -2.14. The van der Waals surface area contributed by atoms with Crippen LogP contribution >= 0.6 is 34.8 Å². The molecule has 0 unspecified atom stereocenters. The summed E-state index contributed by atoms with van der Waals surface area (Å²) in [7, 11) is 1.23. The molecule has 0 fully saturated rings. The zero-order valence-corrected chi connectivity index (χ0v) is 18.8. The first-order valence-electron chi connectivity index (χ1n) is 8.83. The number of benzene rings is 2. The molecule has 10 heteroatoms. The molecule has 0 spiro atoms. The van der Waals surface area contributed by atoms with E-state index < -0.39 is 11.9 Å². The Labute approximate surface area is 194 Å². The van der Waals surface area contributed by atoms with E-state index in [1.54, 1.807) is 13.0 Å². The molecule has 2 rings (SSSR count). The van der Waals surface area contributed by atoms with Crippen LogP contribution in [0.25, 0.3) is 6.08 Å². The van der Waals surface area contributed by atoms with E-state index in [4.69, 9.17) is 44.3 Å². The van der Waals surface area contributed by atoms with Gasteiger partial charge >= 0.3 is 5.97 Å². The number of methoxy groups -OCH3 is 1. The number of esters is 1. The summed E-state index contributed by atoms with van der Waals surface area (Å²) in [4.78, 5) is 23.8. The van der Waals surface area contributed by atoms with E-state index in [1.807, 2.05) is 6.07 Å². The third-order valence-corrected chi connectivity index (χ3v) is 4.77. The van der Waals surface area contributed by atoms with Gasteiger partial charge in [-0.05, 0) is 48.9 Å². The average molecular weight is 484 g/mol. The van der Waals surface area contributed by atoms with Crippen LogP contribution in [0.4, 0.5) is 5.69 Å². The first-order valence-corrected chi connectivity index (χ1v) is 9.96. The smallest absolute Gasteiger partial charge is 0.343 e. The monoisotopic (exact) mass is 482 g/mol. The number of amides is 1. The van der Waals surface area contributed by atoms with Crippen LogP contribution in [0.3, 0.4) is 0 Å². The van der Waals surface area contributed by atoms with Crippen molar-refractivity contribution < 1.29 is 23.8 Å². The summed E-state index contributed by atoms with van der Waals surface area (Å²) in [6.07, 6.45) is 1.34. The topological polar surface area (TPSA) is 97.6 Å². The van der Waals surface area contributed by atoms with E-state index in [9.17, 15) is 14.9 Å². The molecule has 2 aromatic carbocycles. The summed E-state index contributed by atoms with van der Waals surface area (Å²) < 4.78 is 15.4. The zero-order chi connectivity index (χ0) is 23.0. The Balaban J connectivity index is 2.31. The zero-order valence-electron chi connectivity index (χ0n) is 16.5. The molecule has 2 aromatic rings. The van der Waals surface area contributed by atoms with Crippen molar-refractivity contribution in [3.05, 3.63) is 56.5 Å². The van der Waals surface area contributed by atoms with E-state index in [-0.39, 0.29) is 33.7 Å². The van der Waals surface area contributed by atoms with Crippen LogP contribution in [0, 0.1) is 11.3 Å². The predicted molar refractivity (Wildman–Crippen MR) is 119 cm³/mol. The molecule has 0 heterocycles. The molecule has 31 heavy (non-hydrogen) atoms. The number of hydrogen-bond acceptors (Lipinski definition) is 6. The first-order chi connectivity index (χ1) is 14.8. The maximum absolute atomic E-state index is 12.5. The van der Waals surface area contributed by atoms with Crippen molar-refractivity contribution in [2.24, 2.45) is 0 Å². The molecule has 7 nitrogen and oxygen atoms in total. The SMILES string of the molecule is CCOc1cc(/C=C(\C#N)C(=O)Nc2ccc(Cl)c(Cl)c2)cc(Cl)c1OCC(=O)OC. The number of carbonyl (C=O) groups excluding carboxylic acids is 2. The molecular formula is C21H17Cl3N2O5. The van der Waals surface area contributed by atoms with Gasteiger partial charge < -0.3 is 19.5 Å². The molecule has 0 bridgehead atoms. The predicted octanol–water partition coefficient (Wildman–Crippen LogP) is 5.14. The minimum Gasteiger partial charge on any atom is -0.490 e. The molecule has 0 aromatic heterocycles. The number of nitrogens with zero attached hydrogens (tertiary/aromatic N) is 1. The molecule has 1 amide bonds. The number of ether oxygens (including phenoxy) is 3. The minimum absolute atomic E-state index is 0.128. The summed E-state index contributed by atoms with van der Waals surface area (Å²) in [6, 6.07) is 9.39. The molecule has 0 aliphatic heterocycles. The Hall–Kier alpha value is -2.92. The lowest BCUT2D eigenvalue weighted by molar-refractivity contribution is -0.142. The number of carbonyl (C=O) groups is 2. The number of nitriles is 1. The highest BCUT2D eigenvalue weighted by molar-refractivity contribution is 6.42. The molecule has 1 N–H and O–H groups in total.